The summed E-state index contributed by atoms with van der Waals surface area (Å²) in [5.74, 6) is 3.81. The van der Waals surface area contributed by atoms with Gasteiger partial charge in [0, 0.05) is 31.5 Å². The van der Waals surface area contributed by atoms with Crippen molar-refractivity contribution in [3.63, 3.8) is 0 Å². The van der Waals surface area contributed by atoms with Gasteiger partial charge >= 0.3 is 0 Å². The molecule has 0 aliphatic heterocycles. The maximum absolute atomic E-state index is 13.4. The van der Waals surface area contributed by atoms with Crippen LogP contribution in [0.4, 0.5) is 11.8 Å². The van der Waals surface area contributed by atoms with Gasteiger partial charge in [0.1, 0.15) is 17.2 Å². The lowest BCUT2D eigenvalue weighted by Crippen LogP contribution is -2.43. The van der Waals surface area contributed by atoms with Gasteiger partial charge in [0.15, 0.2) is 0 Å². The van der Waals surface area contributed by atoms with E-state index in [2.05, 4.69) is 15.3 Å². The Balaban J connectivity index is 1.08. The van der Waals surface area contributed by atoms with Crippen LogP contribution in [0.2, 0.25) is 0 Å². The minimum Gasteiger partial charge on any atom is -0.383 e. The zero-order chi connectivity index (χ0) is 23.9. The summed E-state index contributed by atoms with van der Waals surface area (Å²) in [7, 11) is 1.91. The number of hydrogen-bond acceptors (Lipinski definition) is 6. The van der Waals surface area contributed by atoms with Gasteiger partial charge in [-0.25, -0.2) is 9.97 Å². The van der Waals surface area contributed by atoms with Crippen LogP contribution in [-0.4, -0.2) is 38.9 Å². The molecule has 8 heteroatoms. The van der Waals surface area contributed by atoms with Crippen molar-refractivity contribution in [3.8, 4) is 0 Å². The van der Waals surface area contributed by atoms with Crippen LogP contribution in [0.25, 0.3) is 5.65 Å². The fraction of sp³-hybridized carbons (Fsp3) is 0.556. The van der Waals surface area contributed by atoms with E-state index in [4.69, 9.17) is 10.7 Å². The number of pyridine rings is 1. The van der Waals surface area contributed by atoms with Gasteiger partial charge < -0.3 is 16.0 Å². The third kappa shape index (κ3) is 3.11. The largest absolute Gasteiger partial charge is 0.383 e. The molecule has 3 bridgehead atoms. The van der Waals surface area contributed by atoms with Crippen molar-refractivity contribution in [3.05, 3.63) is 47.5 Å². The van der Waals surface area contributed by atoms with Crippen LogP contribution in [-0.2, 0) is 6.54 Å². The van der Waals surface area contributed by atoms with Crippen LogP contribution in [0.1, 0.15) is 60.3 Å². The molecule has 8 nitrogen and oxygen atoms in total. The molecule has 0 saturated heterocycles. The van der Waals surface area contributed by atoms with Crippen LogP contribution in [0.3, 0.4) is 0 Å². The summed E-state index contributed by atoms with van der Waals surface area (Å²) < 4.78 is 1.90. The second-order valence-corrected chi connectivity index (χ2v) is 11.9. The van der Waals surface area contributed by atoms with Gasteiger partial charge in [-0.2, -0.15) is 4.98 Å². The number of nitrogen functional groups attached to an aromatic ring is 1. The van der Waals surface area contributed by atoms with Crippen LogP contribution < -0.4 is 16.0 Å². The maximum atomic E-state index is 13.4. The van der Waals surface area contributed by atoms with Crippen molar-refractivity contribution in [1.82, 2.24) is 24.7 Å². The molecule has 7 rings (SSSR count). The fourth-order valence-electron chi connectivity index (χ4n) is 8.37. The number of nitrogens with zero attached hydrogens (tertiary/aromatic N) is 5. The third-order valence-corrected chi connectivity index (χ3v) is 9.72. The average molecular weight is 472 g/mol. The molecule has 4 saturated carbocycles. The molecule has 3 heterocycles. The number of carbonyl (C=O) groups is 1. The molecule has 4 aliphatic carbocycles. The van der Waals surface area contributed by atoms with E-state index >= 15 is 0 Å². The number of rotatable bonds is 6. The van der Waals surface area contributed by atoms with E-state index in [0.29, 0.717) is 34.8 Å². The Morgan fingerprint density at radius 2 is 2.11 bits per heavy atom. The minimum atomic E-state index is -0.0110. The predicted octanol–water partition coefficient (Wildman–Crippen LogP) is 3.60. The first-order chi connectivity index (χ1) is 16.8. The van der Waals surface area contributed by atoms with Gasteiger partial charge in [0.05, 0.1) is 12.2 Å². The summed E-state index contributed by atoms with van der Waals surface area (Å²) in [5, 5.41) is 3.34. The van der Waals surface area contributed by atoms with Crippen molar-refractivity contribution in [2.45, 2.75) is 52.0 Å². The number of aryl methyl sites for hydroxylation is 1. The molecule has 5 unspecified atom stereocenters. The number of hydrogen-bond donors (Lipinski definition) is 2. The Bertz CT molecular complexity index is 1350. The van der Waals surface area contributed by atoms with Gasteiger partial charge in [-0.1, -0.05) is 6.07 Å². The summed E-state index contributed by atoms with van der Waals surface area (Å²) in [6, 6.07) is 5.73. The van der Waals surface area contributed by atoms with E-state index in [1.807, 2.05) is 47.7 Å². The molecule has 3 N–H and O–H groups in total. The number of aromatic nitrogens is 4. The number of nitrogens with one attached hydrogen (secondary N) is 1. The summed E-state index contributed by atoms with van der Waals surface area (Å²) in [4.78, 5) is 28.8. The van der Waals surface area contributed by atoms with Crippen LogP contribution >= 0.6 is 0 Å². The van der Waals surface area contributed by atoms with Gasteiger partial charge in [-0.15, -0.1) is 0 Å². The average Bonchev–Trinajstić information content (AvgIpc) is 3.39. The van der Waals surface area contributed by atoms with E-state index in [0.717, 1.165) is 41.2 Å². The van der Waals surface area contributed by atoms with Crippen LogP contribution in [0, 0.1) is 35.5 Å². The monoisotopic (exact) mass is 471 g/mol. The smallest absolute Gasteiger partial charge is 0.268 e. The Morgan fingerprint density at radius 3 is 2.97 bits per heavy atom. The molecule has 3 aromatic heterocycles. The lowest BCUT2D eigenvalue weighted by atomic mass is 9.55. The highest BCUT2D eigenvalue weighted by atomic mass is 16.1. The lowest BCUT2D eigenvalue weighted by molar-refractivity contribution is -0.00254. The molecule has 4 fully saturated rings. The molecule has 5 atom stereocenters. The number of imidazole rings is 1. The Hall–Kier alpha value is -3.16. The zero-order valence-corrected chi connectivity index (χ0v) is 20.5. The van der Waals surface area contributed by atoms with Crippen molar-refractivity contribution in [2.75, 3.05) is 24.2 Å². The van der Waals surface area contributed by atoms with Gasteiger partial charge in [0.2, 0.25) is 5.95 Å². The summed E-state index contributed by atoms with van der Waals surface area (Å²) in [6.45, 7) is 3.21. The van der Waals surface area contributed by atoms with E-state index < -0.39 is 0 Å². The first-order valence-electron chi connectivity index (χ1n) is 12.9. The number of fused-ring (bicyclic) bond motifs is 3. The summed E-state index contributed by atoms with van der Waals surface area (Å²) in [6.07, 6.45) is 12.0. The molecular formula is C27H33N7O. The molecule has 182 valence electrons. The van der Waals surface area contributed by atoms with E-state index in [1.54, 1.807) is 6.20 Å². The second-order valence-electron chi connectivity index (χ2n) is 11.9. The molecule has 1 spiro atoms. The number of amides is 1. The highest BCUT2D eigenvalue weighted by molar-refractivity contribution is 5.93. The van der Waals surface area contributed by atoms with Gasteiger partial charge in [-0.05, 0) is 86.2 Å². The maximum Gasteiger partial charge on any atom is 0.268 e. The topological polar surface area (TPSA) is 101 Å². The lowest BCUT2D eigenvalue weighted by Gasteiger charge is -2.49. The minimum absolute atomic E-state index is 0.0110. The first-order valence-corrected chi connectivity index (χ1v) is 12.9. The van der Waals surface area contributed by atoms with E-state index in [-0.39, 0.29) is 5.91 Å². The molecule has 1 amide bonds. The summed E-state index contributed by atoms with van der Waals surface area (Å²) >= 11 is 0. The molecule has 0 aromatic carbocycles. The van der Waals surface area contributed by atoms with E-state index in [9.17, 15) is 4.79 Å². The normalized spacial score (nSPS) is 32.0. The molecule has 4 aliphatic rings. The predicted molar refractivity (Wildman–Crippen MR) is 134 cm³/mol. The van der Waals surface area contributed by atoms with Crippen molar-refractivity contribution in [2.24, 2.45) is 28.6 Å². The van der Waals surface area contributed by atoms with Crippen molar-refractivity contribution in [1.29, 1.82) is 0 Å². The Morgan fingerprint density at radius 1 is 1.23 bits per heavy atom. The van der Waals surface area contributed by atoms with Gasteiger partial charge in [-0.3, -0.25) is 9.20 Å². The molecule has 0 radical (unpaired) electrons. The van der Waals surface area contributed by atoms with Crippen molar-refractivity contribution < 1.29 is 4.79 Å². The first kappa shape index (κ1) is 21.1. The molecule has 35 heavy (non-hydrogen) atoms. The van der Waals surface area contributed by atoms with Crippen molar-refractivity contribution >= 4 is 23.3 Å². The summed E-state index contributed by atoms with van der Waals surface area (Å²) in [5.41, 5.74) is 10.0. The number of nitrogens with two attached hydrogens (primary N) is 1. The van der Waals surface area contributed by atoms with Crippen LogP contribution in [0.5, 0.6) is 0 Å². The SMILES string of the molecule is Cc1cnc(N(C)Cc2cn3c(C(=O)NCC45CC6CC7CC(C4)C7(C6)C5)cccc3n2)nc1N. The third-order valence-electron chi connectivity index (χ3n) is 9.72. The molecular weight excluding hydrogens is 438 g/mol. The molecule has 3 aromatic rings. The zero-order valence-electron chi connectivity index (χ0n) is 20.5. The highest BCUT2D eigenvalue weighted by Crippen LogP contribution is 2.78. The Kier molecular flexibility index (Phi) is 4.34. The van der Waals surface area contributed by atoms with Crippen LogP contribution in [0.15, 0.2) is 30.6 Å². The highest BCUT2D eigenvalue weighted by Gasteiger charge is 2.70. The van der Waals surface area contributed by atoms with E-state index in [1.165, 1.54) is 38.5 Å². The number of anilines is 2. The second kappa shape index (κ2) is 7.18. The quantitative estimate of drug-likeness (QED) is 0.570. The van der Waals surface area contributed by atoms with Gasteiger partial charge in [0.25, 0.3) is 5.91 Å². The number of carbonyl (C=O) groups excluding carboxylic acids is 1. The fourth-order valence-corrected chi connectivity index (χ4v) is 8.37. The standard InChI is InChI=1S/C27H33N7O/c1-16-11-29-25(32-23(16)28)33(2)12-20-13-34-21(4-3-5-22(34)31-20)24(35)30-15-26-8-17-6-18-7-19(10-26)27(18,9-17)14-26/h3-5,11,13,17-19H,6-10,12,14-15H2,1-2H3,(H,30,35)(H2,28,29,32). The Labute approximate surface area is 205 Å².